The average molecular weight is 784 g/mol. The monoisotopic (exact) mass is 783 g/mol. The molecule has 286 valence electrons. The highest BCUT2D eigenvalue weighted by atomic mass is 16.5. The smallest absolute Gasteiger partial charge is 0.269 e. The van der Waals surface area contributed by atoms with Gasteiger partial charge in [0.25, 0.3) is 6.33 Å². The van der Waals surface area contributed by atoms with E-state index in [1.165, 1.54) is 10.8 Å². The van der Waals surface area contributed by atoms with Gasteiger partial charge in [-0.2, -0.15) is 0 Å². The van der Waals surface area contributed by atoms with Crippen molar-refractivity contribution in [3.8, 4) is 34.4 Å². The summed E-state index contributed by atoms with van der Waals surface area (Å²) in [5.74, 6) is 2.25. The summed E-state index contributed by atoms with van der Waals surface area (Å²) >= 11 is 0. The molecule has 0 unspecified atom stereocenters. The molecular formula is C54H33N5O2. The van der Waals surface area contributed by atoms with Gasteiger partial charge in [-0.3, -0.25) is 13.7 Å². The first-order valence-corrected chi connectivity index (χ1v) is 20.4. The molecule has 7 nitrogen and oxygen atoms in total. The number of hydrogen-bond acceptors (Lipinski definition) is 3. The third kappa shape index (κ3) is 5.04. The third-order valence-corrected chi connectivity index (χ3v) is 11.9. The van der Waals surface area contributed by atoms with Crippen LogP contribution >= 0.6 is 0 Å². The van der Waals surface area contributed by atoms with Crippen molar-refractivity contribution in [3.05, 3.63) is 207 Å². The largest absolute Gasteiger partial charge is 0.458 e. The van der Waals surface area contributed by atoms with Crippen molar-refractivity contribution in [2.75, 3.05) is 0 Å². The molecule has 0 aliphatic heterocycles. The van der Waals surface area contributed by atoms with E-state index in [1.54, 1.807) is 0 Å². The molecular weight excluding hydrogens is 751 g/mol. The number of para-hydroxylation sites is 7. The Morgan fingerprint density at radius 1 is 0.475 bits per heavy atom. The molecule has 0 saturated heterocycles. The Balaban J connectivity index is 0.943. The zero-order valence-corrected chi connectivity index (χ0v) is 32.6. The van der Waals surface area contributed by atoms with Crippen molar-refractivity contribution in [1.82, 2.24) is 18.7 Å². The summed E-state index contributed by atoms with van der Waals surface area (Å²) in [7, 11) is 0. The number of pyridine rings is 1. The molecule has 0 radical (unpaired) electrons. The molecule has 7 heteroatoms. The first-order valence-electron chi connectivity index (χ1n) is 20.4. The minimum atomic E-state index is 0.713. The van der Waals surface area contributed by atoms with Gasteiger partial charge in [-0.15, -0.1) is 0 Å². The second-order valence-electron chi connectivity index (χ2n) is 15.4. The molecule has 13 rings (SSSR count). The van der Waals surface area contributed by atoms with Crippen molar-refractivity contribution in [2.24, 2.45) is 0 Å². The van der Waals surface area contributed by atoms with Crippen LogP contribution in [-0.2, 0) is 0 Å². The number of imidazole rings is 1. The molecule has 0 atom stereocenters. The van der Waals surface area contributed by atoms with E-state index >= 15 is 0 Å². The van der Waals surface area contributed by atoms with Crippen molar-refractivity contribution in [3.63, 3.8) is 0 Å². The van der Waals surface area contributed by atoms with Crippen LogP contribution in [0.2, 0.25) is 0 Å². The number of aromatic nitrogens is 5. The van der Waals surface area contributed by atoms with Gasteiger partial charge in [-0.25, -0.2) is 4.98 Å². The van der Waals surface area contributed by atoms with Crippen molar-refractivity contribution < 1.29 is 13.7 Å². The van der Waals surface area contributed by atoms with Gasteiger partial charge < -0.3 is 13.7 Å². The number of rotatable bonds is 6. The Labute approximate surface area is 348 Å². The van der Waals surface area contributed by atoms with E-state index in [0.29, 0.717) is 5.75 Å². The van der Waals surface area contributed by atoms with E-state index in [9.17, 15) is 0 Å². The minimum Gasteiger partial charge on any atom is -0.458 e. The molecule has 0 aliphatic carbocycles. The van der Waals surface area contributed by atoms with E-state index in [-0.39, 0.29) is 0 Å². The molecule has 0 N–H and O–H groups in total. The average Bonchev–Trinajstić information content (AvgIpc) is 4.07. The third-order valence-electron chi connectivity index (χ3n) is 11.9. The molecule has 5 heterocycles. The van der Waals surface area contributed by atoms with Gasteiger partial charge in [0, 0.05) is 44.9 Å². The molecule has 61 heavy (non-hydrogen) atoms. The lowest BCUT2D eigenvalue weighted by Crippen LogP contribution is -2.30. The Hall–Kier alpha value is -8.42. The summed E-state index contributed by atoms with van der Waals surface area (Å²) in [5, 5.41) is 6.65. The number of hydrogen-bond donors (Lipinski definition) is 0. The predicted octanol–water partition coefficient (Wildman–Crippen LogP) is 13.0. The van der Waals surface area contributed by atoms with Crippen LogP contribution < -0.4 is 9.30 Å². The van der Waals surface area contributed by atoms with E-state index < -0.39 is 0 Å². The summed E-state index contributed by atoms with van der Waals surface area (Å²) in [5.41, 5.74) is 11.1. The molecule has 0 amide bonds. The van der Waals surface area contributed by atoms with Gasteiger partial charge in [0.05, 0.1) is 49.9 Å². The fraction of sp³-hybridized carbons (Fsp3) is 0. The van der Waals surface area contributed by atoms with E-state index in [1.807, 2.05) is 48.7 Å². The lowest BCUT2D eigenvalue weighted by atomic mass is 10.1. The highest BCUT2D eigenvalue weighted by Gasteiger charge is 2.21. The minimum absolute atomic E-state index is 0.713. The van der Waals surface area contributed by atoms with Gasteiger partial charge in [-0.1, -0.05) is 115 Å². The molecule has 0 spiro atoms. The number of nitrogens with zero attached hydrogens (tertiary/aromatic N) is 5. The molecule has 8 aromatic carbocycles. The molecule has 0 aliphatic rings. The van der Waals surface area contributed by atoms with Crippen LogP contribution in [0, 0.1) is 6.33 Å². The SMILES string of the molecule is [c-]1n(-c2cccc(Oc3ccc4c5ccccc5n(-c5nccc6oc7ccccc7c56)c4c3)c2)c2ccccc2[n+]1-c1cccc2c3ccccc3n(-c3ccccc3)c12. The number of ether oxygens (including phenoxy) is 1. The second kappa shape index (κ2) is 13.0. The summed E-state index contributed by atoms with van der Waals surface area (Å²) < 4.78 is 21.9. The lowest BCUT2D eigenvalue weighted by Gasteiger charge is -2.12. The Morgan fingerprint density at radius 3 is 2.00 bits per heavy atom. The molecule has 0 saturated carbocycles. The van der Waals surface area contributed by atoms with E-state index in [2.05, 4.69) is 176 Å². The van der Waals surface area contributed by atoms with Crippen LogP contribution in [0.1, 0.15) is 0 Å². The topological polar surface area (TPSA) is 53.9 Å². The van der Waals surface area contributed by atoms with Crippen LogP contribution in [0.3, 0.4) is 0 Å². The van der Waals surface area contributed by atoms with Gasteiger partial charge in [0.15, 0.2) is 0 Å². The summed E-state index contributed by atoms with van der Waals surface area (Å²) in [6, 6.07) is 67.3. The Kier molecular flexibility index (Phi) is 7.17. The first kappa shape index (κ1) is 33.5. The highest BCUT2D eigenvalue weighted by molar-refractivity contribution is 6.14. The zero-order chi connectivity index (χ0) is 40.0. The van der Waals surface area contributed by atoms with Crippen LogP contribution in [0.15, 0.2) is 205 Å². The summed E-state index contributed by atoms with van der Waals surface area (Å²) in [4.78, 5) is 4.98. The fourth-order valence-corrected chi connectivity index (χ4v) is 9.34. The fourth-order valence-electron chi connectivity index (χ4n) is 9.34. The zero-order valence-electron chi connectivity index (χ0n) is 32.6. The van der Waals surface area contributed by atoms with Crippen LogP contribution in [-0.4, -0.2) is 18.7 Å². The molecule has 13 aromatic rings. The number of fused-ring (bicyclic) bond motifs is 10. The number of benzene rings is 8. The highest BCUT2D eigenvalue weighted by Crippen LogP contribution is 2.40. The van der Waals surface area contributed by atoms with Gasteiger partial charge in [0.1, 0.15) is 28.5 Å². The maximum absolute atomic E-state index is 6.75. The number of furan rings is 1. The van der Waals surface area contributed by atoms with Gasteiger partial charge in [-0.05, 0) is 72.8 Å². The van der Waals surface area contributed by atoms with Crippen LogP contribution in [0.25, 0.3) is 99.5 Å². The van der Waals surface area contributed by atoms with E-state index in [4.69, 9.17) is 14.1 Å². The van der Waals surface area contributed by atoms with Gasteiger partial charge in [0.2, 0.25) is 0 Å². The molecule has 0 bridgehead atoms. The quantitative estimate of drug-likeness (QED) is 0.125. The Bertz CT molecular complexity index is 3870. The van der Waals surface area contributed by atoms with Gasteiger partial charge >= 0.3 is 0 Å². The summed E-state index contributed by atoms with van der Waals surface area (Å²) in [6.45, 7) is 0. The first-order chi connectivity index (χ1) is 30.3. The maximum atomic E-state index is 6.75. The van der Waals surface area contributed by atoms with Crippen molar-refractivity contribution in [2.45, 2.75) is 0 Å². The van der Waals surface area contributed by atoms with E-state index in [0.717, 1.165) is 94.4 Å². The van der Waals surface area contributed by atoms with Crippen molar-refractivity contribution >= 4 is 76.6 Å². The predicted molar refractivity (Wildman–Crippen MR) is 244 cm³/mol. The molecule has 0 fully saturated rings. The molecule has 5 aromatic heterocycles. The standard InChI is InChI=1S/C54H33N5O2/c1-2-14-35(15-3-1)58-44-22-7-5-19-40(44)42-21-13-26-48(53(42)58)57-34-56(46-24-9-10-25-47(46)57)36-16-12-17-37(32-36)60-38-28-29-41-39-18-4-8-23-45(39)59(49(41)33-38)54-52-43-20-6-11-27-50(43)61-51(52)30-31-55-54/h1-33H. The van der Waals surface area contributed by atoms with Crippen LogP contribution in [0.5, 0.6) is 11.5 Å². The Morgan fingerprint density at radius 2 is 1.13 bits per heavy atom. The van der Waals surface area contributed by atoms with Crippen molar-refractivity contribution in [1.29, 1.82) is 0 Å². The normalized spacial score (nSPS) is 11.9. The maximum Gasteiger partial charge on any atom is 0.269 e. The van der Waals surface area contributed by atoms with Crippen LogP contribution in [0.4, 0.5) is 0 Å². The second-order valence-corrected chi connectivity index (χ2v) is 15.4. The summed E-state index contributed by atoms with van der Waals surface area (Å²) in [6.07, 6.45) is 5.59. The lowest BCUT2D eigenvalue weighted by molar-refractivity contribution is -0.571.